The van der Waals surface area contributed by atoms with Crippen molar-refractivity contribution >= 4 is 0 Å². The zero-order valence-corrected chi connectivity index (χ0v) is 11.5. The zero-order chi connectivity index (χ0) is 14.0. The molecule has 106 valence electrons. The summed E-state index contributed by atoms with van der Waals surface area (Å²) in [6.07, 6.45) is 1.73. The molecule has 1 aromatic carbocycles. The standard InChI is InChI=1S/C15H21F2NO/c1-11(2)18-7-5-15(19,6-8-18)10-12-3-4-13(16)14(17)9-12/h3-4,9,11,19H,5-8,10H2,1-2H3. The van der Waals surface area contributed by atoms with Gasteiger partial charge in [0.25, 0.3) is 0 Å². The Labute approximate surface area is 113 Å². The van der Waals surface area contributed by atoms with Crippen LogP contribution in [-0.4, -0.2) is 34.7 Å². The van der Waals surface area contributed by atoms with Crippen molar-refractivity contribution in [2.45, 2.75) is 44.8 Å². The fourth-order valence-electron chi connectivity index (χ4n) is 2.66. The van der Waals surface area contributed by atoms with E-state index in [1.165, 1.54) is 6.07 Å². The summed E-state index contributed by atoms with van der Waals surface area (Å²) >= 11 is 0. The summed E-state index contributed by atoms with van der Waals surface area (Å²) in [7, 11) is 0. The van der Waals surface area contributed by atoms with E-state index < -0.39 is 17.2 Å². The normalized spacial score (nSPS) is 19.9. The lowest BCUT2D eigenvalue weighted by molar-refractivity contribution is -0.0271. The Morgan fingerprint density at radius 1 is 1.21 bits per heavy atom. The smallest absolute Gasteiger partial charge is 0.159 e. The van der Waals surface area contributed by atoms with Gasteiger partial charge in [-0.15, -0.1) is 0 Å². The van der Waals surface area contributed by atoms with E-state index >= 15 is 0 Å². The van der Waals surface area contributed by atoms with Gasteiger partial charge in [0.15, 0.2) is 11.6 Å². The van der Waals surface area contributed by atoms with E-state index in [0.717, 1.165) is 19.2 Å². The molecule has 0 aliphatic carbocycles. The van der Waals surface area contributed by atoms with Crippen molar-refractivity contribution < 1.29 is 13.9 Å². The lowest BCUT2D eigenvalue weighted by atomic mass is 9.85. The summed E-state index contributed by atoms with van der Waals surface area (Å²) in [5, 5.41) is 10.5. The molecular formula is C15H21F2NO. The highest BCUT2D eigenvalue weighted by molar-refractivity contribution is 5.20. The van der Waals surface area contributed by atoms with Crippen LogP contribution in [0.2, 0.25) is 0 Å². The van der Waals surface area contributed by atoms with E-state index in [9.17, 15) is 13.9 Å². The Balaban J connectivity index is 2.00. The van der Waals surface area contributed by atoms with Crippen molar-refractivity contribution in [2.75, 3.05) is 13.1 Å². The third kappa shape index (κ3) is 3.51. The minimum atomic E-state index is -0.847. The van der Waals surface area contributed by atoms with Crippen molar-refractivity contribution in [1.82, 2.24) is 4.90 Å². The topological polar surface area (TPSA) is 23.5 Å². The lowest BCUT2D eigenvalue weighted by Gasteiger charge is -2.40. The van der Waals surface area contributed by atoms with Crippen molar-refractivity contribution in [2.24, 2.45) is 0 Å². The SMILES string of the molecule is CC(C)N1CCC(O)(Cc2ccc(F)c(F)c2)CC1. The third-order valence-electron chi connectivity index (χ3n) is 3.98. The summed E-state index contributed by atoms with van der Waals surface area (Å²) in [4.78, 5) is 2.32. The molecule has 0 amide bonds. The molecule has 0 unspecified atom stereocenters. The summed E-state index contributed by atoms with van der Waals surface area (Å²) in [5.41, 5.74) is -0.144. The Morgan fingerprint density at radius 2 is 1.84 bits per heavy atom. The van der Waals surface area contributed by atoms with Crippen LogP contribution in [0.1, 0.15) is 32.3 Å². The lowest BCUT2D eigenvalue weighted by Crippen LogP contribution is -2.47. The summed E-state index contributed by atoms with van der Waals surface area (Å²) in [5.74, 6) is -1.69. The first-order valence-corrected chi connectivity index (χ1v) is 6.80. The molecule has 2 rings (SSSR count). The van der Waals surface area contributed by atoms with Crippen molar-refractivity contribution in [1.29, 1.82) is 0 Å². The number of hydrogen-bond acceptors (Lipinski definition) is 2. The molecule has 1 heterocycles. The maximum Gasteiger partial charge on any atom is 0.159 e. The van der Waals surface area contributed by atoms with E-state index in [0.29, 0.717) is 30.9 Å². The van der Waals surface area contributed by atoms with Crippen molar-refractivity contribution in [3.63, 3.8) is 0 Å². The maximum absolute atomic E-state index is 13.2. The van der Waals surface area contributed by atoms with Crippen LogP contribution in [0.5, 0.6) is 0 Å². The summed E-state index contributed by atoms with van der Waals surface area (Å²) < 4.78 is 26.0. The third-order valence-corrected chi connectivity index (χ3v) is 3.98. The second-order valence-corrected chi connectivity index (χ2v) is 5.78. The first-order valence-electron chi connectivity index (χ1n) is 6.80. The molecule has 1 N–H and O–H groups in total. The minimum Gasteiger partial charge on any atom is -0.389 e. The molecule has 2 nitrogen and oxygen atoms in total. The molecule has 1 aliphatic rings. The highest BCUT2D eigenvalue weighted by Crippen LogP contribution is 2.27. The van der Waals surface area contributed by atoms with E-state index in [4.69, 9.17) is 0 Å². The van der Waals surface area contributed by atoms with Crippen LogP contribution in [0.3, 0.4) is 0 Å². The quantitative estimate of drug-likeness (QED) is 0.912. The van der Waals surface area contributed by atoms with Gasteiger partial charge in [-0.25, -0.2) is 8.78 Å². The van der Waals surface area contributed by atoms with E-state index in [1.807, 2.05) is 0 Å². The van der Waals surface area contributed by atoms with Gasteiger partial charge in [-0.2, -0.15) is 0 Å². The Hall–Kier alpha value is -1.00. The highest BCUT2D eigenvalue weighted by atomic mass is 19.2. The molecule has 19 heavy (non-hydrogen) atoms. The molecule has 1 fully saturated rings. The minimum absolute atomic E-state index is 0.385. The molecule has 1 aromatic rings. The first-order chi connectivity index (χ1) is 8.89. The van der Waals surface area contributed by atoms with Crippen LogP contribution in [0.4, 0.5) is 8.78 Å². The summed E-state index contributed by atoms with van der Waals surface area (Å²) in [6.45, 7) is 5.97. The van der Waals surface area contributed by atoms with E-state index in [2.05, 4.69) is 18.7 Å². The van der Waals surface area contributed by atoms with Crippen LogP contribution in [0, 0.1) is 11.6 Å². The van der Waals surface area contributed by atoms with Gasteiger partial charge in [-0.3, -0.25) is 0 Å². The number of nitrogens with zero attached hydrogens (tertiary/aromatic N) is 1. The number of benzene rings is 1. The average Bonchev–Trinajstić information content (AvgIpc) is 2.34. The van der Waals surface area contributed by atoms with Crippen molar-refractivity contribution in [3.8, 4) is 0 Å². The van der Waals surface area contributed by atoms with E-state index in [-0.39, 0.29) is 0 Å². The zero-order valence-electron chi connectivity index (χ0n) is 11.5. The van der Waals surface area contributed by atoms with Crippen LogP contribution >= 0.6 is 0 Å². The van der Waals surface area contributed by atoms with E-state index in [1.54, 1.807) is 6.07 Å². The fraction of sp³-hybridized carbons (Fsp3) is 0.600. The van der Waals surface area contributed by atoms with Gasteiger partial charge in [-0.1, -0.05) is 6.07 Å². The molecule has 0 aromatic heterocycles. The first kappa shape index (κ1) is 14.4. The van der Waals surface area contributed by atoms with Gasteiger partial charge in [0.1, 0.15) is 0 Å². The van der Waals surface area contributed by atoms with Gasteiger partial charge in [0.05, 0.1) is 5.60 Å². The molecule has 1 aliphatic heterocycles. The van der Waals surface area contributed by atoms with Gasteiger partial charge in [0.2, 0.25) is 0 Å². The van der Waals surface area contributed by atoms with Crippen LogP contribution in [0.15, 0.2) is 18.2 Å². The second kappa shape index (κ2) is 5.55. The molecule has 1 saturated heterocycles. The van der Waals surface area contributed by atoms with Crippen molar-refractivity contribution in [3.05, 3.63) is 35.4 Å². The molecule has 0 bridgehead atoms. The van der Waals surface area contributed by atoms with Gasteiger partial charge in [0, 0.05) is 25.6 Å². The Bertz CT molecular complexity index is 440. The van der Waals surface area contributed by atoms with Gasteiger partial charge < -0.3 is 10.0 Å². The number of likely N-dealkylation sites (tertiary alicyclic amines) is 1. The number of piperidine rings is 1. The van der Waals surface area contributed by atoms with Crippen LogP contribution < -0.4 is 0 Å². The maximum atomic E-state index is 13.2. The molecule has 0 radical (unpaired) electrons. The Kier molecular flexibility index (Phi) is 4.21. The second-order valence-electron chi connectivity index (χ2n) is 5.78. The molecule has 0 atom stereocenters. The molecular weight excluding hydrogens is 248 g/mol. The van der Waals surface area contributed by atoms with Gasteiger partial charge >= 0.3 is 0 Å². The number of rotatable bonds is 3. The predicted molar refractivity (Wildman–Crippen MR) is 71.0 cm³/mol. The molecule has 0 spiro atoms. The number of aliphatic hydroxyl groups is 1. The Morgan fingerprint density at radius 3 is 2.37 bits per heavy atom. The number of hydrogen-bond donors (Lipinski definition) is 1. The monoisotopic (exact) mass is 269 g/mol. The molecule has 4 heteroatoms. The highest BCUT2D eigenvalue weighted by Gasteiger charge is 2.33. The summed E-state index contributed by atoms with van der Waals surface area (Å²) in [6, 6.07) is 4.33. The van der Waals surface area contributed by atoms with Crippen LogP contribution in [-0.2, 0) is 6.42 Å². The number of halogens is 2. The average molecular weight is 269 g/mol. The van der Waals surface area contributed by atoms with Gasteiger partial charge in [-0.05, 0) is 44.4 Å². The molecule has 0 saturated carbocycles. The predicted octanol–water partition coefficient (Wildman–Crippen LogP) is 2.74. The van der Waals surface area contributed by atoms with Crippen LogP contribution in [0.25, 0.3) is 0 Å². The fourth-order valence-corrected chi connectivity index (χ4v) is 2.66. The largest absolute Gasteiger partial charge is 0.389 e.